The van der Waals surface area contributed by atoms with Crippen LogP contribution in [0.5, 0.6) is 5.75 Å². The molecule has 1 amide bonds. The van der Waals surface area contributed by atoms with Crippen LogP contribution in [0, 0.1) is 0 Å². The molecule has 1 aromatic carbocycles. The van der Waals surface area contributed by atoms with E-state index in [2.05, 4.69) is 5.32 Å². The summed E-state index contributed by atoms with van der Waals surface area (Å²) in [6, 6.07) is 5.26. The molecule has 1 atom stereocenters. The normalized spacial score (nSPS) is 17.0. The van der Waals surface area contributed by atoms with Gasteiger partial charge in [-0.25, -0.2) is 4.79 Å². The molecule has 0 aromatic heterocycles. The highest BCUT2D eigenvalue weighted by molar-refractivity contribution is 7.98. The molecule has 5 nitrogen and oxygen atoms in total. The minimum atomic E-state index is -0.396. The minimum Gasteiger partial charge on any atom is -0.497 e. The van der Waals surface area contributed by atoms with Crippen molar-refractivity contribution in [2.45, 2.75) is 26.0 Å². The summed E-state index contributed by atoms with van der Waals surface area (Å²) in [5.74, 6) is 1.37. The summed E-state index contributed by atoms with van der Waals surface area (Å²) in [7, 11) is 1.60. The quantitative estimate of drug-likeness (QED) is 0.846. The molecule has 1 aliphatic heterocycles. The first kappa shape index (κ1) is 16.9. The number of carbonyl (C=O) groups is 1. The van der Waals surface area contributed by atoms with Crippen LogP contribution < -0.4 is 15.0 Å². The molecule has 0 radical (unpaired) electrons. The number of methoxy groups -OCH3 is 1. The van der Waals surface area contributed by atoms with E-state index in [-0.39, 0.29) is 12.1 Å². The number of thiocarbonyl (C=S) groups is 1. The molecule has 120 valence electrons. The number of benzene rings is 1. The Morgan fingerprint density at radius 1 is 1.50 bits per heavy atom. The molecule has 0 bridgehead atoms. The summed E-state index contributed by atoms with van der Waals surface area (Å²) in [4.78, 5) is 14.8. The highest BCUT2D eigenvalue weighted by Crippen LogP contribution is 2.36. The van der Waals surface area contributed by atoms with Gasteiger partial charge in [0, 0.05) is 11.8 Å². The Balaban J connectivity index is 2.47. The molecule has 0 unspecified atom stereocenters. The first-order valence-electron chi connectivity index (χ1n) is 6.95. The molecule has 0 saturated heterocycles. The second kappa shape index (κ2) is 7.19. The second-order valence-corrected chi connectivity index (χ2v) is 6.50. The van der Waals surface area contributed by atoms with Gasteiger partial charge in [-0.3, -0.25) is 4.90 Å². The van der Waals surface area contributed by atoms with Gasteiger partial charge in [0.1, 0.15) is 10.7 Å². The van der Waals surface area contributed by atoms with Crippen molar-refractivity contribution in [1.29, 1.82) is 0 Å². The second-order valence-electron chi connectivity index (χ2n) is 5.15. The number of nitrogens with one attached hydrogen (secondary N) is 1. The monoisotopic (exact) mass is 340 g/mol. The van der Waals surface area contributed by atoms with Gasteiger partial charge in [0.05, 0.1) is 30.6 Å². The molecule has 2 rings (SSSR count). The first-order valence-corrected chi connectivity index (χ1v) is 8.75. The van der Waals surface area contributed by atoms with Crippen LogP contribution in [0.2, 0.25) is 0 Å². The minimum absolute atomic E-state index is 0.194. The van der Waals surface area contributed by atoms with Crippen molar-refractivity contribution in [1.82, 2.24) is 0 Å². The first-order chi connectivity index (χ1) is 10.5. The van der Waals surface area contributed by atoms with E-state index < -0.39 is 6.09 Å². The maximum absolute atomic E-state index is 12.6. The summed E-state index contributed by atoms with van der Waals surface area (Å²) >= 11 is 7.06. The lowest BCUT2D eigenvalue weighted by molar-refractivity contribution is 0.122. The Hall–Kier alpha value is -1.47. The van der Waals surface area contributed by atoms with Crippen LogP contribution in [0.1, 0.15) is 13.8 Å². The van der Waals surface area contributed by atoms with Gasteiger partial charge in [-0.15, -0.1) is 0 Å². The van der Waals surface area contributed by atoms with Crippen LogP contribution in [0.15, 0.2) is 18.2 Å². The van der Waals surface area contributed by atoms with E-state index in [1.807, 2.05) is 38.3 Å². The van der Waals surface area contributed by atoms with Crippen LogP contribution >= 0.6 is 24.0 Å². The van der Waals surface area contributed by atoms with Crippen molar-refractivity contribution in [2.24, 2.45) is 0 Å². The third-order valence-electron chi connectivity index (χ3n) is 3.19. The lowest BCUT2D eigenvalue weighted by Gasteiger charge is -2.37. The van der Waals surface area contributed by atoms with Gasteiger partial charge in [0.2, 0.25) is 0 Å². The maximum atomic E-state index is 12.6. The Kier molecular flexibility index (Phi) is 5.52. The van der Waals surface area contributed by atoms with E-state index in [4.69, 9.17) is 21.7 Å². The summed E-state index contributed by atoms with van der Waals surface area (Å²) < 4.78 is 10.7. The van der Waals surface area contributed by atoms with Crippen molar-refractivity contribution in [2.75, 3.05) is 29.3 Å². The predicted octanol–water partition coefficient (Wildman–Crippen LogP) is 3.53. The third kappa shape index (κ3) is 3.47. The number of carbonyl (C=O) groups excluding carboxylic acids is 1. The van der Waals surface area contributed by atoms with Gasteiger partial charge in [-0.05, 0) is 32.2 Å². The highest BCUT2D eigenvalue weighted by Gasteiger charge is 2.36. The van der Waals surface area contributed by atoms with Crippen molar-refractivity contribution < 1.29 is 14.3 Å². The van der Waals surface area contributed by atoms with Crippen molar-refractivity contribution in [3.8, 4) is 5.75 Å². The average molecular weight is 340 g/mol. The van der Waals surface area contributed by atoms with Crippen molar-refractivity contribution in [3.05, 3.63) is 18.2 Å². The number of nitrogens with zero attached hydrogens (tertiary/aromatic N) is 1. The molecule has 1 heterocycles. The number of amides is 1. The lowest BCUT2D eigenvalue weighted by atomic mass is 10.1. The van der Waals surface area contributed by atoms with E-state index in [1.165, 1.54) is 0 Å². The maximum Gasteiger partial charge on any atom is 0.415 e. The van der Waals surface area contributed by atoms with E-state index in [0.717, 1.165) is 11.4 Å². The van der Waals surface area contributed by atoms with E-state index in [1.54, 1.807) is 23.8 Å². The molecule has 1 N–H and O–H groups in total. The molecule has 1 aliphatic rings. The Morgan fingerprint density at radius 2 is 2.23 bits per heavy atom. The highest BCUT2D eigenvalue weighted by atomic mass is 32.2. The Morgan fingerprint density at radius 3 is 2.82 bits per heavy atom. The number of hydrogen-bond donors (Lipinski definition) is 1. The summed E-state index contributed by atoms with van der Waals surface area (Å²) in [6.07, 6.45) is 1.39. The number of fused-ring (bicyclic) bond motifs is 1. The zero-order valence-corrected chi connectivity index (χ0v) is 14.7. The fourth-order valence-corrected chi connectivity index (χ4v) is 3.27. The fraction of sp³-hybridized carbons (Fsp3) is 0.467. The molecular formula is C15H20N2O3S2. The standard InChI is InChI=1S/C15H20N2O3S2/c1-9(2)20-15(18)17-12-7-10(19-3)5-6-11(12)16-14(21)13(17)8-22-4/h5-7,9,13H,8H2,1-4H3,(H,16,21)/t13-/m1/s1. The predicted molar refractivity (Wildman–Crippen MR) is 95.5 cm³/mol. The largest absolute Gasteiger partial charge is 0.497 e. The topological polar surface area (TPSA) is 50.8 Å². The number of rotatable bonds is 4. The number of thioether (sulfide) groups is 1. The van der Waals surface area contributed by atoms with Crippen LogP contribution in [-0.2, 0) is 4.74 Å². The molecule has 22 heavy (non-hydrogen) atoms. The number of anilines is 2. The van der Waals surface area contributed by atoms with Crippen LogP contribution in [-0.4, -0.2) is 42.3 Å². The van der Waals surface area contributed by atoms with Gasteiger partial charge in [-0.1, -0.05) is 12.2 Å². The van der Waals surface area contributed by atoms with Crippen LogP contribution in [0.3, 0.4) is 0 Å². The number of ether oxygens (including phenoxy) is 2. The third-order valence-corrected chi connectivity index (χ3v) is 4.22. The number of hydrogen-bond acceptors (Lipinski definition) is 5. The summed E-state index contributed by atoms with van der Waals surface area (Å²) in [5, 5.41) is 3.20. The molecule has 0 fully saturated rings. The van der Waals surface area contributed by atoms with Crippen molar-refractivity contribution >= 4 is 46.4 Å². The van der Waals surface area contributed by atoms with Gasteiger partial charge in [0.15, 0.2) is 0 Å². The molecule has 7 heteroatoms. The summed E-state index contributed by atoms with van der Waals surface area (Å²) in [6.45, 7) is 3.66. The SMILES string of the molecule is COc1ccc2c(c1)N(C(=O)OC(C)C)[C@H](CSC)C(=S)N2. The fourth-order valence-electron chi connectivity index (χ4n) is 2.24. The molecule has 0 aliphatic carbocycles. The summed E-state index contributed by atoms with van der Waals surface area (Å²) in [5.41, 5.74) is 1.50. The van der Waals surface area contributed by atoms with E-state index in [0.29, 0.717) is 16.5 Å². The van der Waals surface area contributed by atoms with E-state index in [9.17, 15) is 4.79 Å². The van der Waals surface area contributed by atoms with E-state index >= 15 is 0 Å². The lowest BCUT2D eigenvalue weighted by Crippen LogP contribution is -2.52. The zero-order chi connectivity index (χ0) is 16.3. The van der Waals surface area contributed by atoms with Gasteiger partial charge in [-0.2, -0.15) is 11.8 Å². The van der Waals surface area contributed by atoms with Gasteiger partial charge in [0.25, 0.3) is 0 Å². The Labute approximate surface area is 140 Å². The smallest absolute Gasteiger partial charge is 0.415 e. The molecule has 0 spiro atoms. The average Bonchev–Trinajstić information content (AvgIpc) is 2.46. The van der Waals surface area contributed by atoms with Crippen LogP contribution in [0.4, 0.5) is 16.2 Å². The van der Waals surface area contributed by atoms with Gasteiger partial charge >= 0.3 is 6.09 Å². The van der Waals surface area contributed by atoms with Crippen LogP contribution in [0.25, 0.3) is 0 Å². The zero-order valence-electron chi connectivity index (χ0n) is 13.1. The molecular weight excluding hydrogens is 320 g/mol. The van der Waals surface area contributed by atoms with Gasteiger partial charge < -0.3 is 14.8 Å². The molecule has 1 aromatic rings. The van der Waals surface area contributed by atoms with Crippen molar-refractivity contribution in [3.63, 3.8) is 0 Å². The Bertz CT molecular complexity index is 578. The molecule has 0 saturated carbocycles.